The van der Waals surface area contributed by atoms with Gasteiger partial charge in [0.1, 0.15) is 0 Å². The summed E-state index contributed by atoms with van der Waals surface area (Å²) in [6, 6.07) is 3.69. The third kappa shape index (κ3) is 1.62. The Bertz CT molecular complexity index is 627. The highest BCUT2D eigenvalue weighted by Gasteiger charge is 2.21. The maximum atomic E-state index is 11.5. The molecule has 18 heavy (non-hydrogen) atoms. The average Bonchev–Trinajstić information content (AvgIpc) is 2.79. The van der Waals surface area contributed by atoms with Gasteiger partial charge in [-0.05, 0) is 18.6 Å². The largest absolute Gasteiger partial charge is 0.478 e. The van der Waals surface area contributed by atoms with E-state index in [0.717, 1.165) is 29.8 Å². The fraction of sp³-hybridized carbons (Fsp3) is 0.143. The van der Waals surface area contributed by atoms with Gasteiger partial charge in [0.2, 0.25) is 0 Å². The van der Waals surface area contributed by atoms with Gasteiger partial charge >= 0.3 is 5.97 Å². The molecule has 0 aromatic carbocycles. The molecular weight excluding hydrogens is 228 g/mol. The summed E-state index contributed by atoms with van der Waals surface area (Å²) < 4.78 is 1.99. The Morgan fingerprint density at radius 1 is 1.44 bits per heavy atom. The van der Waals surface area contributed by atoms with E-state index in [9.17, 15) is 9.90 Å². The number of carboxylic acids is 1. The lowest BCUT2D eigenvalue weighted by atomic mass is 10.0. The monoisotopic (exact) mass is 240 g/mol. The molecule has 1 N–H and O–H groups in total. The maximum Gasteiger partial charge on any atom is 0.338 e. The second-order valence-electron chi connectivity index (χ2n) is 4.23. The smallest absolute Gasteiger partial charge is 0.338 e. The highest BCUT2D eigenvalue weighted by molar-refractivity contribution is 5.99. The van der Waals surface area contributed by atoms with Crippen LogP contribution >= 0.6 is 0 Å². The summed E-state index contributed by atoms with van der Waals surface area (Å²) in [6.07, 6.45) is 10.1. The number of allylic oxidation sites excluding steroid dienone is 1. The van der Waals surface area contributed by atoms with Gasteiger partial charge in [0.15, 0.2) is 0 Å². The molecule has 0 radical (unpaired) electrons. The van der Waals surface area contributed by atoms with Gasteiger partial charge in [0.25, 0.3) is 0 Å². The van der Waals surface area contributed by atoms with Gasteiger partial charge in [-0.3, -0.25) is 4.98 Å². The minimum Gasteiger partial charge on any atom is -0.478 e. The van der Waals surface area contributed by atoms with E-state index in [4.69, 9.17) is 0 Å². The van der Waals surface area contributed by atoms with Crippen molar-refractivity contribution in [2.75, 3.05) is 0 Å². The predicted molar refractivity (Wildman–Crippen MR) is 68.3 cm³/mol. The lowest BCUT2D eigenvalue weighted by Crippen LogP contribution is -2.06. The van der Waals surface area contributed by atoms with Crippen LogP contribution in [-0.2, 0) is 6.54 Å². The van der Waals surface area contributed by atoms with E-state index in [1.807, 2.05) is 35.0 Å². The number of carboxylic acid groups (broad SMARTS) is 1. The summed E-state index contributed by atoms with van der Waals surface area (Å²) in [4.78, 5) is 15.5. The normalized spacial score (nSPS) is 13.3. The van der Waals surface area contributed by atoms with Crippen molar-refractivity contribution in [3.8, 4) is 11.1 Å². The Kier molecular flexibility index (Phi) is 2.48. The van der Waals surface area contributed by atoms with E-state index in [1.54, 1.807) is 12.4 Å². The predicted octanol–water partition coefficient (Wildman–Crippen LogP) is 2.67. The maximum absolute atomic E-state index is 11.5. The number of fused-ring (bicyclic) bond motifs is 1. The number of rotatable bonds is 2. The van der Waals surface area contributed by atoms with Gasteiger partial charge in [0, 0.05) is 36.3 Å². The standard InChI is InChI=1S/C14H12N2O2/c17-14(18)13-11(10-4-3-6-15-8-10)9-16-7-2-1-5-12(13)16/h1,3-6,8-9H,2,7H2,(H,17,18). The molecule has 0 amide bonds. The van der Waals surface area contributed by atoms with E-state index >= 15 is 0 Å². The summed E-state index contributed by atoms with van der Waals surface area (Å²) in [5.41, 5.74) is 2.70. The minimum absolute atomic E-state index is 0.360. The van der Waals surface area contributed by atoms with Crippen molar-refractivity contribution in [1.29, 1.82) is 0 Å². The van der Waals surface area contributed by atoms with Gasteiger partial charge in [-0.25, -0.2) is 4.79 Å². The van der Waals surface area contributed by atoms with Crippen molar-refractivity contribution in [2.24, 2.45) is 0 Å². The van der Waals surface area contributed by atoms with Crippen molar-refractivity contribution >= 4 is 12.0 Å². The first-order valence-electron chi connectivity index (χ1n) is 5.81. The molecule has 3 heterocycles. The molecule has 4 nitrogen and oxygen atoms in total. The van der Waals surface area contributed by atoms with Crippen molar-refractivity contribution < 1.29 is 9.90 Å². The zero-order chi connectivity index (χ0) is 12.5. The second kappa shape index (κ2) is 4.14. The van der Waals surface area contributed by atoms with Crippen LogP contribution in [0.1, 0.15) is 22.5 Å². The molecule has 0 aliphatic carbocycles. The van der Waals surface area contributed by atoms with E-state index in [2.05, 4.69) is 4.98 Å². The highest BCUT2D eigenvalue weighted by Crippen LogP contribution is 2.30. The molecule has 0 unspecified atom stereocenters. The minimum atomic E-state index is -0.894. The number of aromatic carboxylic acids is 1. The number of carbonyl (C=O) groups is 1. The molecule has 90 valence electrons. The third-order valence-electron chi connectivity index (χ3n) is 3.12. The Balaban J connectivity index is 2.24. The molecule has 0 spiro atoms. The molecule has 0 fully saturated rings. The lowest BCUT2D eigenvalue weighted by Gasteiger charge is -2.09. The molecule has 2 aromatic heterocycles. The summed E-state index contributed by atoms with van der Waals surface area (Å²) >= 11 is 0. The Hall–Kier alpha value is -2.36. The van der Waals surface area contributed by atoms with Crippen LogP contribution in [0.3, 0.4) is 0 Å². The molecule has 1 aliphatic heterocycles. The van der Waals surface area contributed by atoms with Crippen LogP contribution in [-0.4, -0.2) is 20.6 Å². The number of pyridine rings is 1. The lowest BCUT2D eigenvalue weighted by molar-refractivity contribution is 0.0697. The number of hydrogen-bond donors (Lipinski definition) is 1. The van der Waals surface area contributed by atoms with E-state index in [-0.39, 0.29) is 0 Å². The number of aromatic nitrogens is 2. The van der Waals surface area contributed by atoms with E-state index < -0.39 is 5.97 Å². The van der Waals surface area contributed by atoms with Gasteiger partial charge < -0.3 is 9.67 Å². The molecule has 2 aromatic rings. The van der Waals surface area contributed by atoms with E-state index in [1.165, 1.54) is 0 Å². The molecule has 3 rings (SSSR count). The number of nitrogens with zero attached hydrogens (tertiary/aromatic N) is 2. The summed E-state index contributed by atoms with van der Waals surface area (Å²) in [5.74, 6) is -0.894. The van der Waals surface area contributed by atoms with Gasteiger partial charge in [-0.15, -0.1) is 0 Å². The second-order valence-corrected chi connectivity index (χ2v) is 4.23. The van der Waals surface area contributed by atoms with Gasteiger partial charge in [-0.1, -0.05) is 12.1 Å². The quantitative estimate of drug-likeness (QED) is 0.878. The SMILES string of the molecule is O=C(O)c1c(-c2cccnc2)cn2c1C=CCC2. The van der Waals surface area contributed by atoms with Crippen LogP contribution in [0, 0.1) is 0 Å². The Morgan fingerprint density at radius 2 is 2.33 bits per heavy atom. The molecule has 4 heteroatoms. The molecule has 1 aliphatic rings. The average molecular weight is 240 g/mol. The summed E-state index contributed by atoms with van der Waals surface area (Å²) in [6.45, 7) is 0.826. The van der Waals surface area contributed by atoms with Crippen molar-refractivity contribution in [3.63, 3.8) is 0 Å². The molecular formula is C14H12N2O2. The van der Waals surface area contributed by atoms with Crippen molar-refractivity contribution in [2.45, 2.75) is 13.0 Å². The Morgan fingerprint density at radius 3 is 3.06 bits per heavy atom. The first-order valence-corrected chi connectivity index (χ1v) is 5.81. The van der Waals surface area contributed by atoms with Crippen LogP contribution in [0.2, 0.25) is 0 Å². The molecule has 0 saturated carbocycles. The van der Waals surface area contributed by atoms with Gasteiger partial charge in [0.05, 0.1) is 11.3 Å². The van der Waals surface area contributed by atoms with Crippen molar-refractivity contribution in [3.05, 3.63) is 48.1 Å². The van der Waals surface area contributed by atoms with Crippen LogP contribution in [0.4, 0.5) is 0 Å². The van der Waals surface area contributed by atoms with Crippen LogP contribution in [0.5, 0.6) is 0 Å². The van der Waals surface area contributed by atoms with Crippen LogP contribution in [0.15, 0.2) is 36.8 Å². The molecule has 0 atom stereocenters. The first-order chi connectivity index (χ1) is 8.77. The fourth-order valence-electron chi connectivity index (χ4n) is 2.31. The van der Waals surface area contributed by atoms with Crippen LogP contribution in [0.25, 0.3) is 17.2 Å². The zero-order valence-corrected chi connectivity index (χ0v) is 9.71. The molecule has 0 bridgehead atoms. The number of hydrogen-bond acceptors (Lipinski definition) is 2. The van der Waals surface area contributed by atoms with E-state index in [0.29, 0.717) is 5.56 Å². The van der Waals surface area contributed by atoms with Crippen LogP contribution < -0.4 is 0 Å². The first kappa shape index (κ1) is 10.8. The fourth-order valence-corrected chi connectivity index (χ4v) is 2.31. The molecule has 0 saturated heterocycles. The van der Waals surface area contributed by atoms with Crippen molar-refractivity contribution in [1.82, 2.24) is 9.55 Å². The Labute approximate surface area is 104 Å². The zero-order valence-electron chi connectivity index (χ0n) is 9.71. The summed E-state index contributed by atoms with van der Waals surface area (Å²) in [7, 11) is 0. The topological polar surface area (TPSA) is 55.1 Å². The highest BCUT2D eigenvalue weighted by atomic mass is 16.4. The number of aryl methyl sites for hydroxylation is 1. The van der Waals surface area contributed by atoms with Gasteiger partial charge in [-0.2, -0.15) is 0 Å². The third-order valence-corrected chi connectivity index (χ3v) is 3.12. The summed E-state index contributed by atoms with van der Waals surface area (Å²) in [5, 5.41) is 9.40.